The molecule has 1 saturated heterocycles. The van der Waals surface area contributed by atoms with Crippen LogP contribution in [0.15, 0.2) is 42.6 Å². The molecule has 2 N–H and O–H groups in total. The summed E-state index contributed by atoms with van der Waals surface area (Å²) in [4.78, 5) is 19.7. The molecule has 1 aliphatic heterocycles. The Morgan fingerprint density at radius 1 is 1.30 bits per heavy atom. The number of aliphatic hydroxyl groups is 1. The lowest BCUT2D eigenvalue weighted by Gasteiger charge is -2.25. The molecule has 8 nitrogen and oxygen atoms in total. The summed E-state index contributed by atoms with van der Waals surface area (Å²) in [6.07, 6.45) is 3.81. The summed E-state index contributed by atoms with van der Waals surface area (Å²) < 4.78 is 7.16. The molecule has 0 radical (unpaired) electrons. The fourth-order valence-electron chi connectivity index (χ4n) is 3.85. The van der Waals surface area contributed by atoms with Crippen LogP contribution in [0, 0.1) is 0 Å². The number of benzene rings is 1. The van der Waals surface area contributed by atoms with Gasteiger partial charge in [0.15, 0.2) is 0 Å². The zero-order chi connectivity index (χ0) is 21.3. The molecule has 0 aliphatic carbocycles. The summed E-state index contributed by atoms with van der Waals surface area (Å²) in [6.45, 7) is 4.91. The largest absolute Gasteiger partial charge is 0.386 e. The van der Waals surface area contributed by atoms with Crippen LogP contribution in [0.1, 0.15) is 42.6 Å². The first kappa shape index (κ1) is 20.3. The summed E-state index contributed by atoms with van der Waals surface area (Å²) in [5.41, 5.74) is 1.15. The lowest BCUT2D eigenvalue weighted by atomic mass is 9.97. The first-order valence-electron chi connectivity index (χ1n) is 10.1. The molecule has 0 unspecified atom stereocenters. The van der Waals surface area contributed by atoms with Gasteiger partial charge in [-0.2, -0.15) is 10.1 Å². The fraction of sp³-hybridized carbons (Fsp3) is 0.409. The van der Waals surface area contributed by atoms with Crippen molar-refractivity contribution in [1.29, 1.82) is 0 Å². The third-order valence-corrected chi connectivity index (χ3v) is 5.45. The summed E-state index contributed by atoms with van der Waals surface area (Å²) in [6, 6.07) is 10.9. The summed E-state index contributed by atoms with van der Waals surface area (Å²) in [5.74, 6) is 0.914. The number of anilines is 2. The van der Waals surface area contributed by atoms with Gasteiger partial charge in [-0.3, -0.25) is 4.79 Å². The van der Waals surface area contributed by atoms with Gasteiger partial charge in [-0.25, -0.2) is 4.52 Å². The smallest absolute Gasteiger partial charge is 0.256 e. The molecule has 3 heterocycles. The first-order valence-corrected chi connectivity index (χ1v) is 10.1. The molecule has 0 spiro atoms. The monoisotopic (exact) mass is 409 g/mol. The average molecular weight is 409 g/mol. The Morgan fingerprint density at radius 3 is 2.77 bits per heavy atom. The van der Waals surface area contributed by atoms with Crippen LogP contribution < -0.4 is 10.2 Å². The van der Waals surface area contributed by atoms with E-state index in [4.69, 9.17) is 9.72 Å². The van der Waals surface area contributed by atoms with Crippen LogP contribution in [0.3, 0.4) is 0 Å². The van der Waals surface area contributed by atoms with E-state index in [0.717, 1.165) is 30.5 Å². The van der Waals surface area contributed by atoms with Gasteiger partial charge < -0.3 is 20.1 Å². The van der Waals surface area contributed by atoms with Gasteiger partial charge in [0.2, 0.25) is 5.95 Å². The molecule has 1 fully saturated rings. The zero-order valence-corrected chi connectivity index (χ0v) is 17.5. The minimum atomic E-state index is -0.951. The standard InChI is InChI=1S/C22H27N5O3/c1-22(2,29)16-8-6-15(7-9-16)20(28)24-19-13-17-10-11-23-27(17)21(25-19)26-12-4-5-18(26)14-30-3/h6-11,13,18,29H,4-5,12,14H2,1-3H3,(H,24,28)/t18-/m1/s1. The predicted molar refractivity (Wildman–Crippen MR) is 115 cm³/mol. The highest BCUT2D eigenvalue weighted by atomic mass is 16.5. The van der Waals surface area contributed by atoms with Crippen LogP contribution in [0.5, 0.6) is 0 Å². The van der Waals surface area contributed by atoms with Crippen molar-refractivity contribution in [3.63, 3.8) is 0 Å². The number of rotatable bonds is 6. The highest BCUT2D eigenvalue weighted by molar-refractivity contribution is 6.04. The average Bonchev–Trinajstić information content (AvgIpc) is 3.36. The van der Waals surface area contributed by atoms with Gasteiger partial charge in [0.05, 0.1) is 30.0 Å². The number of carbonyl (C=O) groups excluding carboxylic acids is 1. The molecule has 2 aromatic heterocycles. The molecule has 0 bridgehead atoms. The van der Waals surface area contributed by atoms with E-state index < -0.39 is 5.60 Å². The van der Waals surface area contributed by atoms with E-state index in [2.05, 4.69) is 15.3 Å². The van der Waals surface area contributed by atoms with Gasteiger partial charge in [0.1, 0.15) is 5.82 Å². The third kappa shape index (κ3) is 4.01. The Labute approximate surface area is 175 Å². The maximum absolute atomic E-state index is 12.8. The first-order chi connectivity index (χ1) is 14.4. The Hall–Kier alpha value is -2.97. The van der Waals surface area contributed by atoms with Crippen molar-refractivity contribution >= 4 is 23.2 Å². The SMILES string of the molecule is COC[C@H]1CCCN1c1nc(NC(=O)c2ccc(C(C)(C)O)cc2)cc2ccnn12. The van der Waals surface area contributed by atoms with Crippen LogP contribution in [-0.4, -0.2) is 51.9 Å². The maximum Gasteiger partial charge on any atom is 0.256 e. The van der Waals surface area contributed by atoms with E-state index in [9.17, 15) is 9.90 Å². The van der Waals surface area contributed by atoms with Crippen LogP contribution in [0.4, 0.5) is 11.8 Å². The molecular formula is C22H27N5O3. The number of amides is 1. The van der Waals surface area contributed by atoms with Crippen molar-refractivity contribution in [3.05, 3.63) is 53.7 Å². The van der Waals surface area contributed by atoms with Crippen molar-refractivity contribution < 1.29 is 14.6 Å². The maximum atomic E-state index is 12.8. The molecule has 1 amide bonds. The highest BCUT2D eigenvalue weighted by Gasteiger charge is 2.28. The van der Waals surface area contributed by atoms with E-state index in [0.29, 0.717) is 23.9 Å². The molecule has 8 heteroatoms. The third-order valence-electron chi connectivity index (χ3n) is 5.45. The molecule has 0 saturated carbocycles. The Kier molecular flexibility index (Phi) is 5.44. The molecule has 1 aromatic carbocycles. The van der Waals surface area contributed by atoms with Crippen molar-refractivity contribution in [1.82, 2.24) is 14.6 Å². The van der Waals surface area contributed by atoms with Crippen molar-refractivity contribution in [2.75, 3.05) is 30.5 Å². The highest BCUT2D eigenvalue weighted by Crippen LogP contribution is 2.27. The number of nitrogens with zero attached hydrogens (tertiary/aromatic N) is 4. The summed E-state index contributed by atoms with van der Waals surface area (Å²) in [5, 5.41) is 17.4. The molecule has 158 valence electrons. The van der Waals surface area contributed by atoms with E-state index in [-0.39, 0.29) is 11.9 Å². The van der Waals surface area contributed by atoms with Crippen molar-refractivity contribution in [2.45, 2.75) is 38.3 Å². The lowest BCUT2D eigenvalue weighted by molar-refractivity contribution is 0.0785. The molecule has 3 aromatic rings. The van der Waals surface area contributed by atoms with Crippen LogP contribution in [0.25, 0.3) is 5.52 Å². The van der Waals surface area contributed by atoms with E-state index in [1.165, 1.54) is 0 Å². The topological polar surface area (TPSA) is 92.0 Å². The molecule has 30 heavy (non-hydrogen) atoms. The zero-order valence-electron chi connectivity index (χ0n) is 17.5. The van der Waals surface area contributed by atoms with Crippen LogP contribution >= 0.6 is 0 Å². The Morgan fingerprint density at radius 2 is 2.07 bits per heavy atom. The van der Waals surface area contributed by atoms with Gasteiger partial charge in [0.25, 0.3) is 5.91 Å². The molecular weight excluding hydrogens is 382 g/mol. The number of hydrogen-bond acceptors (Lipinski definition) is 6. The van der Waals surface area contributed by atoms with Crippen LogP contribution in [0.2, 0.25) is 0 Å². The van der Waals surface area contributed by atoms with Crippen LogP contribution in [-0.2, 0) is 10.3 Å². The van der Waals surface area contributed by atoms with Crippen molar-refractivity contribution in [3.8, 4) is 0 Å². The summed E-state index contributed by atoms with van der Waals surface area (Å²) >= 11 is 0. The molecule has 4 rings (SSSR count). The number of hydrogen-bond donors (Lipinski definition) is 2. The van der Waals surface area contributed by atoms with E-state index in [1.54, 1.807) is 62.0 Å². The van der Waals surface area contributed by atoms with Gasteiger partial charge in [-0.05, 0) is 50.5 Å². The minimum absolute atomic E-state index is 0.232. The fourth-order valence-corrected chi connectivity index (χ4v) is 3.85. The normalized spacial score (nSPS) is 16.9. The minimum Gasteiger partial charge on any atom is -0.386 e. The number of aromatic nitrogens is 3. The Balaban J connectivity index is 1.61. The Bertz CT molecular complexity index is 1040. The number of carbonyl (C=O) groups is 1. The second-order valence-corrected chi connectivity index (χ2v) is 8.14. The predicted octanol–water partition coefficient (Wildman–Crippen LogP) is 2.82. The molecule has 1 atom stereocenters. The van der Waals surface area contributed by atoms with Gasteiger partial charge >= 0.3 is 0 Å². The van der Waals surface area contributed by atoms with Gasteiger partial charge in [-0.1, -0.05) is 12.1 Å². The number of methoxy groups -OCH3 is 1. The quantitative estimate of drug-likeness (QED) is 0.650. The number of nitrogens with one attached hydrogen (secondary N) is 1. The van der Waals surface area contributed by atoms with Gasteiger partial charge in [0, 0.05) is 25.3 Å². The second kappa shape index (κ2) is 8.04. The number of ether oxygens (including phenoxy) is 1. The van der Waals surface area contributed by atoms with Gasteiger partial charge in [-0.15, -0.1) is 0 Å². The second-order valence-electron chi connectivity index (χ2n) is 8.14. The van der Waals surface area contributed by atoms with E-state index in [1.807, 2.05) is 6.07 Å². The lowest BCUT2D eigenvalue weighted by Crippen LogP contribution is -2.35. The molecule has 1 aliphatic rings. The number of fused-ring (bicyclic) bond motifs is 1. The van der Waals surface area contributed by atoms with E-state index >= 15 is 0 Å². The summed E-state index contributed by atoms with van der Waals surface area (Å²) in [7, 11) is 1.70. The van der Waals surface area contributed by atoms with Crippen molar-refractivity contribution in [2.24, 2.45) is 0 Å².